The molecule has 20 heavy (non-hydrogen) atoms. The summed E-state index contributed by atoms with van der Waals surface area (Å²) in [6, 6.07) is 6.07. The average molecular weight is 276 g/mol. The minimum absolute atomic E-state index is 0.0353. The minimum Gasteiger partial charge on any atom is -0.388 e. The van der Waals surface area contributed by atoms with Gasteiger partial charge in [0.15, 0.2) is 0 Å². The number of carbonyl (C=O) groups excluding carboxylic acids is 1. The summed E-state index contributed by atoms with van der Waals surface area (Å²) in [6.45, 7) is 6.27. The molecule has 1 atom stereocenters. The number of hydrogen-bond acceptors (Lipinski definition) is 2. The van der Waals surface area contributed by atoms with E-state index in [1.807, 2.05) is 32.2 Å². The topological polar surface area (TPSA) is 41.1 Å². The number of nitrogens with one attached hydrogen (secondary N) is 2. The molecule has 1 aromatic carbocycles. The van der Waals surface area contributed by atoms with Crippen molar-refractivity contribution in [3.8, 4) is 0 Å². The summed E-state index contributed by atoms with van der Waals surface area (Å²) in [5, 5.41) is 6.17. The summed E-state index contributed by atoms with van der Waals surface area (Å²) in [5.41, 5.74) is 2.81. The summed E-state index contributed by atoms with van der Waals surface area (Å²) in [7, 11) is 1.88. The standard InChI is InChI=1S/C17H28N2O/c1-5-6-7-8-9-14(3)19-17(20)16-11-10-15(18-4)12-13(16)2/h10-12,14,18H,5-9H2,1-4H3,(H,19,20). The fourth-order valence-electron chi connectivity index (χ4n) is 2.32. The Morgan fingerprint density at radius 3 is 2.60 bits per heavy atom. The lowest BCUT2D eigenvalue weighted by atomic mass is 10.1. The molecular weight excluding hydrogens is 248 g/mol. The van der Waals surface area contributed by atoms with Gasteiger partial charge in [0.2, 0.25) is 0 Å². The fourth-order valence-corrected chi connectivity index (χ4v) is 2.32. The van der Waals surface area contributed by atoms with E-state index in [1.54, 1.807) is 0 Å². The lowest BCUT2D eigenvalue weighted by Gasteiger charge is -2.15. The molecule has 0 aliphatic heterocycles. The van der Waals surface area contributed by atoms with Gasteiger partial charge in [-0.25, -0.2) is 0 Å². The third-order valence-electron chi connectivity index (χ3n) is 3.63. The molecule has 1 rings (SSSR count). The second-order valence-electron chi connectivity index (χ2n) is 5.50. The molecule has 1 aromatic rings. The van der Waals surface area contributed by atoms with Crippen LogP contribution in [0.2, 0.25) is 0 Å². The van der Waals surface area contributed by atoms with E-state index >= 15 is 0 Å². The molecule has 0 aliphatic carbocycles. The van der Waals surface area contributed by atoms with Crippen molar-refractivity contribution in [3.05, 3.63) is 29.3 Å². The maximum atomic E-state index is 12.2. The molecule has 3 nitrogen and oxygen atoms in total. The molecule has 1 amide bonds. The van der Waals surface area contributed by atoms with Crippen molar-refractivity contribution in [2.45, 2.75) is 58.9 Å². The third kappa shape index (κ3) is 5.24. The number of anilines is 1. The second-order valence-corrected chi connectivity index (χ2v) is 5.50. The first-order valence-electron chi connectivity index (χ1n) is 7.67. The molecular formula is C17H28N2O. The van der Waals surface area contributed by atoms with E-state index in [4.69, 9.17) is 0 Å². The largest absolute Gasteiger partial charge is 0.388 e. The molecule has 112 valence electrons. The molecule has 0 bridgehead atoms. The molecule has 0 radical (unpaired) electrons. The molecule has 0 aromatic heterocycles. The highest BCUT2D eigenvalue weighted by Crippen LogP contribution is 2.15. The highest BCUT2D eigenvalue weighted by Gasteiger charge is 2.12. The monoisotopic (exact) mass is 276 g/mol. The first-order chi connectivity index (χ1) is 9.58. The summed E-state index contributed by atoms with van der Waals surface area (Å²) < 4.78 is 0. The molecule has 1 unspecified atom stereocenters. The number of carbonyl (C=O) groups is 1. The first kappa shape index (κ1) is 16.5. The van der Waals surface area contributed by atoms with Gasteiger partial charge in [-0.1, -0.05) is 32.6 Å². The summed E-state index contributed by atoms with van der Waals surface area (Å²) in [6.07, 6.45) is 6.03. The molecule has 0 aliphatic rings. The van der Waals surface area contributed by atoms with Crippen molar-refractivity contribution >= 4 is 11.6 Å². The zero-order valence-electron chi connectivity index (χ0n) is 13.3. The number of aryl methyl sites for hydroxylation is 1. The molecule has 0 spiro atoms. The van der Waals surface area contributed by atoms with Gasteiger partial charge >= 0.3 is 0 Å². The van der Waals surface area contributed by atoms with E-state index in [1.165, 1.54) is 25.7 Å². The van der Waals surface area contributed by atoms with Gasteiger partial charge in [-0.15, -0.1) is 0 Å². The third-order valence-corrected chi connectivity index (χ3v) is 3.63. The predicted octanol–water partition coefficient (Wildman–Crippen LogP) is 4.13. The van der Waals surface area contributed by atoms with E-state index in [-0.39, 0.29) is 11.9 Å². The molecule has 0 fully saturated rings. The van der Waals surface area contributed by atoms with E-state index < -0.39 is 0 Å². The van der Waals surface area contributed by atoms with Crippen molar-refractivity contribution in [2.24, 2.45) is 0 Å². The van der Waals surface area contributed by atoms with Crippen LogP contribution in [0.4, 0.5) is 5.69 Å². The number of rotatable bonds is 8. The van der Waals surface area contributed by atoms with Crippen molar-refractivity contribution in [1.82, 2.24) is 5.32 Å². The van der Waals surface area contributed by atoms with Gasteiger partial charge in [-0.3, -0.25) is 4.79 Å². The Labute approximate surface area is 123 Å². The number of hydrogen-bond donors (Lipinski definition) is 2. The van der Waals surface area contributed by atoms with E-state index in [2.05, 4.69) is 24.5 Å². The lowest BCUT2D eigenvalue weighted by Crippen LogP contribution is -2.32. The maximum absolute atomic E-state index is 12.2. The van der Waals surface area contributed by atoms with E-state index in [0.717, 1.165) is 23.2 Å². The smallest absolute Gasteiger partial charge is 0.251 e. The fraction of sp³-hybridized carbons (Fsp3) is 0.588. The van der Waals surface area contributed by atoms with Crippen LogP contribution < -0.4 is 10.6 Å². The van der Waals surface area contributed by atoms with Crippen LogP contribution >= 0.6 is 0 Å². The summed E-state index contributed by atoms with van der Waals surface area (Å²) >= 11 is 0. The van der Waals surface area contributed by atoms with Crippen LogP contribution in [-0.4, -0.2) is 19.0 Å². The van der Waals surface area contributed by atoms with Crippen LogP contribution in [0.3, 0.4) is 0 Å². The summed E-state index contributed by atoms with van der Waals surface area (Å²) in [5.74, 6) is 0.0353. The normalized spacial score (nSPS) is 12.0. The van der Waals surface area contributed by atoms with Crippen LogP contribution in [0.25, 0.3) is 0 Å². The van der Waals surface area contributed by atoms with Gasteiger partial charge in [0.1, 0.15) is 0 Å². The van der Waals surface area contributed by atoms with E-state index in [9.17, 15) is 4.79 Å². The highest BCUT2D eigenvalue weighted by atomic mass is 16.1. The molecule has 3 heteroatoms. The Kier molecular flexibility index (Phi) is 7.13. The zero-order chi connectivity index (χ0) is 15.0. The van der Waals surface area contributed by atoms with Gasteiger partial charge in [0, 0.05) is 24.3 Å². The van der Waals surface area contributed by atoms with Crippen LogP contribution in [-0.2, 0) is 0 Å². The van der Waals surface area contributed by atoms with Gasteiger partial charge in [0.25, 0.3) is 5.91 Å². The number of amides is 1. The Bertz CT molecular complexity index is 429. The second kappa shape index (κ2) is 8.62. The molecule has 0 saturated carbocycles. The molecule has 0 heterocycles. The first-order valence-corrected chi connectivity index (χ1v) is 7.67. The van der Waals surface area contributed by atoms with Crippen molar-refractivity contribution in [1.29, 1.82) is 0 Å². The highest BCUT2D eigenvalue weighted by molar-refractivity contribution is 5.96. The van der Waals surface area contributed by atoms with Crippen LogP contribution in [0.1, 0.15) is 61.9 Å². The van der Waals surface area contributed by atoms with Crippen molar-refractivity contribution in [2.75, 3.05) is 12.4 Å². The zero-order valence-corrected chi connectivity index (χ0v) is 13.3. The van der Waals surface area contributed by atoms with Crippen LogP contribution in [0.15, 0.2) is 18.2 Å². The van der Waals surface area contributed by atoms with Gasteiger partial charge in [0.05, 0.1) is 0 Å². The van der Waals surface area contributed by atoms with Gasteiger partial charge < -0.3 is 10.6 Å². The Balaban J connectivity index is 2.49. The number of benzene rings is 1. The predicted molar refractivity (Wildman–Crippen MR) is 86.4 cm³/mol. The van der Waals surface area contributed by atoms with Gasteiger partial charge in [-0.2, -0.15) is 0 Å². The Morgan fingerprint density at radius 1 is 1.25 bits per heavy atom. The van der Waals surface area contributed by atoms with Crippen LogP contribution in [0.5, 0.6) is 0 Å². The van der Waals surface area contributed by atoms with E-state index in [0.29, 0.717) is 0 Å². The SMILES string of the molecule is CCCCCCC(C)NC(=O)c1ccc(NC)cc1C. The quantitative estimate of drug-likeness (QED) is 0.701. The summed E-state index contributed by atoms with van der Waals surface area (Å²) in [4.78, 5) is 12.2. The lowest BCUT2D eigenvalue weighted by molar-refractivity contribution is 0.0937. The average Bonchev–Trinajstić information content (AvgIpc) is 2.43. The molecule has 2 N–H and O–H groups in total. The minimum atomic E-state index is 0.0353. The Hall–Kier alpha value is -1.51. The maximum Gasteiger partial charge on any atom is 0.251 e. The molecule has 0 saturated heterocycles. The van der Waals surface area contributed by atoms with Gasteiger partial charge in [-0.05, 0) is 44.0 Å². The van der Waals surface area contributed by atoms with Crippen molar-refractivity contribution < 1.29 is 4.79 Å². The number of unbranched alkanes of at least 4 members (excludes halogenated alkanes) is 3. The van der Waals surface area contributed by atoms with Crippen molar-refractivity contribution in [3.63, 3.8) is 0 Å². The van der Waals surface area contributed by atoms with Crippen LogP contribution in [0, 0.1) is 6.92 Å². The Morgan fingerprint density at radius 2 is 2.00 bits per heavy atom.